The summed E-state index contributed by atoms with van der Waals surface area (Å²) in [6, 6.07) is 33.8. The molecule has 0 amide bonds. The average Bonchev–Trinajstić information content (AvgIpc) is 3.48. The summed E-state index contributed by atoms with van der Waals surface area (Å²) in [6.45, 7) is 0.864. The van der Waals surface area contributed by atoms with Crippen molar-refractivity contribution in [3.63, 3.8) is 0 Å². The van der Waals surface area contributed by atoms with Gasteiger partial charge in [-0.3, -0.25) is 4.79 Å². The summed E-state index contributed by atoms with van der Waals surface area (Å²) in [7, 11) is 1.62. The number of hydrogen-bond acceptors (Lipinski definition) is 3. The molecule has 2 heterocycles. The van der Waals surface area contributed by atoms with Crippen molar-refractivity contribution < 1.29 is 35.5 Å². The average molecular weight is 553 g/mol. The van der Waals surface area contributed by atoms with Crippen LogP contribution in [-0.4, -0.2) is 17.5 Å². The second kappa shape index (κ2) is 10.4. The second-order valence-electron chi connectivity index (χ2n) is 8.78. The van der Waals surface area contributed by atoms with Crippen molar-refractivity contribution >= 4 is 27.8 Å². The van der Waals surface area contributed by atoms with Crippen LogP contribution in [0.1, 0.15) is 15.9 Å². The fourth-order valence-electron chi connectivity index (χ4n) is 4.77. The number of methoxy groups -OCH3 is 1. The molecule has 0 fully saturated rings. The van der Waals surface area contributed by atoms with E-state index in [-0.39, 0.29) is 29.3 Å². The number of carbonyl (C=O) groups is 1. The van der Waals surface area contributed by atoms with Crippen LogP contribution < -0.4 is 26.3 Å². The van der Waals surface area contributed by atoms with Crippen LogP contribution in [0.25, 0.3) is 33.3 Å². The summed E-state index contributed by atoms with van der Waals surface area (Å²) in [6.07, 6.45) is 2.03. The third kappa shape index (κ3) is 4.68. The molecule has 0 aliphatic rings. The molecule has 6 heteroatoms. The van der Waals surface area contributed by atoms with Crippen LogP contribution in [0.4, 0.5) is 0 Å². The van der Waals surface area contributed by atoms with Crippen molar-refractivity contribution in [1.82, 2.24) is 4.57 Å². The quantitative estimate of drug-likeness (QED) is 0.225. The maximum absolute atomic E-state index is 13.1. The third-order valence-corrected chi connectivity index (χ3v) is 6.57. The zero-order valence-corrected chi connectivity index (χ0v) is 21.9. The third-order valence-electron chi connectivity index (χ3n) is 6.57. The lowest BCUT2D eigenvalue weighted by atomic mass is 10.1. The number of Topliss-reactive ketones (excluding diaryl/α,β-unsaturated/α-hetero) is 1. The molecule has 6 rings (SSSR count). The van der Waals surface area contributed by atoms with Gasteiger partial charge in [-0.15, -0.1) is 0 Å². The zero-order valence-electron chi connectivity index (χ0n) is 20.3. The van der Waals surface area contributed by atoms with Crippen molar-refractivity contribution in [2.45, 2.75) is 13.1 Å². The van der Waals surface area contributed by atoms with Crippen LogP contribution in [-0.2, 0) is 13.1 Å². The SMILES string of the molecule is COc1ccc(C(=O)Cn2c[n+](Cc3c(-c4ccccc4)oc4ccccc34)c3ccccc32)cc1.[Br-]. The Kier molecular flexibility index (Phi) is 6.93. The van der Waals surface area contributed by atoms with Gasteiger partial charge in [0.15, 0.2) is 17.6 Å². The van der Waals surface area contributed by atoms with Crippen LogP contribution in [0, 0.1) is 0 Å². The lowest BCUT2D eigenvalue weighted by Gasteiger charge is -2.03. The molecule has 0 saturated heterocycles. The Morgan fingerprint density at radius 2 is 1.57 bits per heavy atom. The van der Waals surface area contributed by atoms with Gasteiger partial charge in [-0.1, -0.05) is 60.7 Å². The minimum absolute atomic E-state index is 0. The number of rotatable bonds is 7. The number of imidazole rings is 1. The molecule has 184 valence electrons. The number of para-hydroxylation sites is 3. The van der Waals surface area contributed by atoms with Crippen molar-refractivity contribution in [3.05, 3.63) is 121 Å². The minimum Gasteiger partial charge on any atom is -1.00 e. The first kappa shape index (κ1) is 24.5. The van der Waals surface area contributed by atoms with Gasteiger partial charge in [0.25, 0.3) is 0 Å². The van der Waals surface area contributed by atoms with E-state index in [4.69, 9.17) is 9.15 Å². The Labute approximate surface area is 225 Å². The number of hydrogen-bond donors (Lipinski definition) is 0. The van der Waals surface area contributed by atoms with Gasteiger partial charge in [0.05, 0.1) is 7.11 Å². The standard InChI is InChI=1S/C31H25N2O3.BrH/c1-35-24-17-15-22(16-18-24)29(34)20-33-21-32(27-12-6-7-13-28(27)33)19-26-25-11-5-8-14-30(25)36-31(26)23-9-3-2-4-10-23;/h2-18,21H,19-20H2,1H3;1H/q+1;/p-1. The number of furan rings is 1. The monoisotopic (exact) mass is 552 g/mol. The molecule has 0 aliphatic carbocycles. The Morgan fingerprint density at radius 3 is 2.35 bits per heavy atom. The molecule has 0 atom stereocenters. The number of ether oxygens (including phenoxy) is 1. The highest BCUT2D eigenvalue weighted by Crippen LogP contribution is 2.33. The smallest absolute Gasteiger partial charge is 0.245 e. The fourth-order valence-corrected chi connectivity index (χ4v) is 4.77. The van der Waals surface area contributed by atoms with Crippen LogP contribution in [0.3, 0.4) is 0 Å². The number of aromatic nitrogens is 2. The van der Waals surface area contributed by atoms with E-state index in [2.05, 4.69) is 34.9 Å². The molecule has 0 radical (unpaired) electrons. The zero-order chi connectivity index (χ0) is 24.5. The Hall–Kier alpha value is -4.16. The van der Waals surface area contributed by atoms with Gasteiger partial charge in [0.2, 0.25) is 12.1 Å². The van der Waals surface area contributed by atoms with Gasteiger partial charge in [-0.05, 0) is 42.5 Å². The number of halogens is 1. The lowest BCUT2D eigenvalue weighted by molar-refractivity contribution is -0.662. The molecule has 6 aromatic rings. The number of ketones is 1. The largest absolute Gasteiger partial charge is 1.00 e. The molecule has 2 aromatic heterocycles. The number of carbonyl (C=O) groups excluding carboxylic acids is 1. The van der Waals surface area contributed by atoms with E-state index in [1.807, 2.05) is 83.7 Å². The molecule has 0 saturated carbocycles. The van der Waals surface area contributed by atoms with Crippen LogP contribution >= 0.6 is 0 Å². The van der Waals surface area contributed by atoms with E-state index in [1.165, 1.54) is 0 Å². The number of fused-ring (bicyclic) bond motifs is 2. The van der Waals surface area contributed by atoms with Crippen LogP contribution in [0.2, 0.25) is 0 Å². The van der Waals surface area contributed by atoms with Gasteiger partial charge in [0, 0.05) is 22.1 Å². The van der Waals surface area contributed by atoms with E-state index >= 15 is 0 Å². The molecule has 4 aromatic carbocycles. The summed E-state index contributed by atoms with van der Waals surface area (Å²) >= 11 is 0. The Morgan fingerprint density at radius 1 is 0.865 bits per heavy atom. The summed E-state index contributed by atoms with van der Waals surface area (Å²) < 4.78 is 15.8. The highest BCUT2D eigenvalue weighted by molar-refractivity contribution is 5.96. The van der Waals surface area contributed by atoms with Gasteiger partial charge in [-0.25, -0.2) is 9.13 Å². The molecular formula is C31H25BrN2O3. The minimum atomic E-state index is 0. The number of nitrogens with zero attached hydrogens (tertiary/aromatic N) is 2. The van der Waals surface area contributed by atoms with E-state index in [1.54, 1.807) is 7.11 Å². The summed E-state index contributed by atoms with van der Waals surface area (Å²) in [5, 5.41) is 1.09. The summed E-state index contributed by atoms with van der Waals surface area (Å²) in [4.78, 5) is 13.1. The maximum Gasteiger partial charge on any atom is 0.245 e. The van der Waals surface area contributed by atoms with Crippen LogP contribution in [0.15, 0.2) is 114 Å². The van der Waals surface area contributed by atoms with E-state index in [9.17, 15) is 4.79 Å². The lowest BCUT2D eigenvalue weighted by Crippen LogP contribution is -3.00. The molecule has 5 nitrogen and oxygen atoms in total. The van der Waals surface area contributed by atoms with Crippen LogP contribution in [0.5, 0.6) is 5.75 Å². The molecule has 0 bridgehead atoms. The predicted octanol–water partition coefficient (Wildman–Crippen LogP) is 3.29. The maximum atomic E-state index is 13.1. The van der Waals surface area contributed by atoms with Crippen molar-refractivity contribution in [2.75, 3.05) is 7.11 Å². The van der Waals surface area contributed by atoms with Gasteiger partial charge in [0.1, 0.15) is 23.6 Å². The molecule has 0 aliphatic heterocycles. The van der Waals surface area contributed by atoms with Crippen molar-refractivity contribution in [1.29, 1.82) is 0 Å². The first-order valence-corrected chi connectivity index (χ1v) is 11.9. The molecule has 37 heavy (non-hydrogen) atoms. The first-order chi connectivity index (χ1) is 17.7. The Balaban J connectivity index is 0.00000280. The normalized spacial score (nSPS) is 10.9. The van der Waals surface area contributed by atoms with Crippen molar-refractivity contribution in [3.8, 4) is 17.1 Å². The summed E-state index contributed by atoms with van der Waals surface area (Å²) in [5.41, 5.74) is 5.75. The van der Waals surface area contributed by atoms with Gasteiger partial charge in [-0.2, -0.15) is 0 Å². The van der Waals surface area contributed by atoms with E-state index < -0.39 is 0 Å². The van der Waals surface area contributed by atoms with Gasteiger partial charge >= 0.3 is 0 Å². The highest BCUT2D eigenvalue weighted by atomic mass is 79.9. The Bertz CT molecular complexity index is 1690. The van der Waals surface area contributed by atoms with Crippen molar-refractivity contribution in [2.24, 2.45) is 0 Å². The second-order valence-corrected chi connectivity index (χ2v) is 8.78. The highest BCUT2D eigenvalue weighted by Gasteiger charge is 2.23. The molecule has 0 unspecified atom stereocenters. The molecular weight excluding hydrogens is 528 g/mol. The van der Waals surface area contributed by atoms with Gasteiger partial charge < -0.3 is 26.1 Å². The predicted molar refractivity (Wildman–Crippen MR) is 140 cm³/mol. The summed E-state index contributed by atoms with van der Waals surface area (Å²) in [5.74, 6) is 1.65. The van der Waals surface area contributed by atoms with E-state index in [0.29, 0.717) is 12.1 Å². The van der Waals surface area contributed by atoms with E-state index in [0.717, 1.165) is 44.6 Å². The first-order valence-electron chi connectivity index (χ1n) is 11.9. The topological polar surface area (TPSA) is 48.2 Å². The number of benzene rings is 4. The molecule has 0 N–H and O–H groups in total. The molecule has 0 spiro atoms. The fraction of sp³-hybridized carbons (Fsp3) is 0.0968.